The number of anilines is 2. The van der Waals surface area contributed by atoms with Gasteiger partial charge in [-0.1, -0.05) is 36.4 Å². The minimum Gasteiger partial charge on any atom is -0.456 e. The molecule has 0 bridgehead atoms. The highest BCUT2D eigenvalue weighted by molar-refractivity contribution is 6.36. The van der Waals surface area contributed by atoms with Gasteiger partial charge in [0.1, 0.15) is 23.8 Å². The summed E-state index contributed by atoms with van der Waals surface area (Å²) in [4.78, 5) is 33.4. The average molecular weight is 638 g/mol. The summed E-state index contributed by atoms with van der Waals surface area (Å²) in [6.45, 7) is 13.4. The first-order valence-electron chi connectivity index (χ1n) is 14.8. The molecule has 1 amide bonds. The maximum Gasteiger partial charge on any atom is 0.319 e. The van der Waals surface area contributed by atoms with Gasteiger partial charge in [-0.2, -0.15) is 9.97 Å². The number of aromatic nitrogens is 2. The molecule has 45 heavy (non-hydrogen) atoms. The molecule has 0 saturated carbocycles. The van der Waals surface area contributed by atoms with E-state index in [0.29, 0.717) is 57.0 Å². The van der Waals surface area contributed by atoms with Crippen LogP contribution in [0.1, 0.15) is 11.3 Å². The number of rotatable bonds is 7. The monoisotopic (exact) mass is 637 g/mol. The van der Waals surface area contributed by atoms with Gasteiger partial charge in [0.25, 0.3) is 5.91 Å². The molecule has 3 aliphatic heterocycles. The van der Waals surface area contributed by atoms with Gasteiger partial charge < -0.3 is 33.9 Å². The summed E-state index contributed by atoms with van der Waals surface area (Å²) in [5.41, 5.74) is 2.49. The van der Waals surface area contributed by atoms with Crippen LogP contribution in [0.4, 0.5) is 20.3 Å². The van der Waals surface area contributed by atoms with Gasteiger partial charge in [-0.05, 0) is 38.0 Å². The van der Waals surface area contributed by atoms with Crippen molar-refractivity contribution >= 4 is 39.8 Å². The number of fused-ring (bicyclic) bond motifs is 2. The summed E-state index contributed by atoms with van der Waals surface area (Å²) in [5, 5.41) is 1.55. The van der Waals surface area contributed by atoms with Gasteiger partial charge in [0.05, 0.1) is 36.5 Å². The Kier molecular flexibility index (Phi) is 8.77. The topological polar surface area (TPSA) is 78.6 Å². The van der Waals surface area contributed by atoms with Crippen LogP contribution in [0.5, 0.6) is 6.01 Å². The van der Waals surface area contributed by atoms with Crippen molar-refractivity contribution in [1.82, 2.24) is 19.8 Å². The van der Waals surface area contributed by atoms with Gasteiger partial charge in [0, 0.05) is 42.8 Å². The Morgan fingerprint density at radius 2 is 2.02 bits per heavy atom. The normalized spacial score (nSPS) is 21.6. The number of hydrogen-bond acceptors (Lipinski definition) is 8. The van der Waals surface area contributed by atoms with Gasteiger partial charge in [-0.25, -0.2) is 15.4 Å². The Balaban J connectivity index is 1.38. The number of piperazine rings is 1. The molecule has 236 valence electrons. The van der Waals surface area contributed by atoms with Crippen LogP contribution in [0.2, 0.25) is 5.02 Å². The Labute approximate surface area is 265 Å². The van der Waals surface area contributed by atoms with Crippen molar-refractivity contribution in [1.29, 1.82) is 0 Å². The lowest BCUT2D eigenvalue weighted by atomic mass is 10.0. The van der Waals surface area contributed by atoms with E-state index in [2.05, 4.69) is 16.3 Å². The third-order valence-corrected chi connectivity index (χ3v) is 9.14. The smallest absolute Gasteiger partial charge is 0.319 e. The third kappa shape index (κ3) is 6.00. The van der Waals surface area contributed by atoms with E-state index in [1.165, 1.54) is 11.0 Å². The lowest BCUT2D eigenvalue weighted by Crippen LogP contribution is -2.57. The standard InChI is InChI=1S/C32H34ClF2N7O3/c1-19(34)31(43)42-13-12-41(15-21(42)14-36-2)30-22-10-11-40(25-7-5-6-20-8-9-23(35)29(33)28(20)25)16-24(22)37-32(38-30)45-27-18-44-17-26(27)39(3)4/h5-9,21,26-27H,1,10-18H2,3-4H3/t21?,26-,27+/m0/s1. The highest BCUT2D eigenvalue weighted by Crippen LogP contribution is 2.38. The fourth-order valence-corrected chi connectivity index (χ4v) is 6.72. The van der Waals surface area contributed by atoms with E-state index in [-0.39, 0.29) is 36.3 Å². The predicted molar refractivity (Wildman–Crippen MR) is 168 cm³/mol. The molecule has 4 heterocycles. The van der Waals surface area contributed by atoms with Crippen LogP contribution in [0, 0.1) is 12.4 Å². The van der Waals surface area contributed by atoms with Crippen molar-refractivity contribution in [2.24, 2.45) is 0 Å². The number of hydrogen-bond donors (Lipinski definition) is 0. The lowest BCUT2D eigenvalue weighted by molar-refractivity contribution is -0.131. The van der Waals surface area contributed by atoms with Crippen LogP contribution >= 0.6 is 11.6 Å². The first-order chi connectivity index (χ1) is 21.7. The second-order valence-electron chi connectivity index (χ2n) is 11.7. The zero-order valence-electron chi connectivity index (χ0n) is 25.2. The molecule has 13 heteroatoms. The molecule has 0 N–H and O–H groups in total. The second-order valence-corrected chi connectivity index (χ2v) is 12.1. The molecule has 2 aromatic carbocycles. The van der Waals surface area contributed by atoms with E-state index >= 15 is 0 Å². The predicted octanol–water partition coefficient (Wildman–Crippen LogP) is 4.11. The summed E-state index contributed by atoms with van der Waals surface area (Å²) >= 11 is 6.48. The summed E-state index contributed by atoms with van der Waals surface area (Å²) < 4.78 is 40.5. The van der Waals surface area contributed by atoms with Crippen LogP contribution in [-0.2, 0) is 22.5 Å². The average Bonchev–Trinajstić information content (AvgIpc) is 3.50. The van der Waals surface area contributed by atoms with Crippen LogP contribution < -0.4 is 14.5 Å². The summed E-state index contributed by atoms with van der Waals surface area (Å²) in [5.74, 6) is -1.66. The second kappa shape index (κ2) is 12.7. The molecular formula is C32H34ClF2N7O3. The van der Waals surface area contributed by atoms with E-state index in [4.69, 9.17) is 37.6 Å². The summed E-state index contributed by atoms with van der Waals surface area (Å²) in [6.07, 6.45) is 0.292. The molecule has 1 aromatic heterocycles. The van der Waals surface area contributed by atoms with E-state index in [9.17, 15) is 13.6 Å². The van der Waals surface area contributed by atoms with E-state index in [1.54, 1.807) is 6.07 Å². The quantitative estimate of drug-likeness (QED) is 0.283. The van der Waals surface area contributed by atoms with Gasteiger partial charge in [0.2, 0.25) is 6.54 Å². The van der Waals surface area contributed by atoms with E-state index < -0.39 is 23.6 Å². The highest BCUT2D eigenvalue weighted by atomic mass is 35.5. The van der Waals surface area contributed by atoms with Crippen molar-refractivity contribution in [3.63, 3.8) is 0 Å². The molecule has 1 unspecified atom stereocenters. The van der Waals surface area contributed by atoms with Crippen molar-refractivity contribution in [2.45, 2.75) is 31.2 Å². The lowest BCUT2D eigenvalue weighted by Gasteiger charge is -2.41. The largest absolute Gasteiger partial charge is 0.456 e. The number of nitrogens with zero attached hydrogens (tertiary/aromatic N) is 7. The molecule has 0 aliphatic carbocycles. The molecule has 0 radical (unpaired) electrons. The van der Waals surface area contributed by atoms with Crippen LogP contribution in [0.25, 0.3) is 15.6 Å². The number of benzene rings is 2. The zero-order chi connectivity index (χ0) is 31.8. The minimum atomic E-state index is -1.05. The third-order valence-electron chi connectivity index (χ3n) is 8.77. The van der Waals surface area contributed by atoms with E-state index in [0.717, 1.165) is 22.3 Å². The molecular weight excluding hydrogens is 604 g/mol. The molecule has 6 rings (SSSR count). The maximum absolute atomic E-state index is 14.6. The maximum atomic E-state index is 14.6. The Morgan fingerprint density at radius 1 is 1.20 bits per heavy atom. The molecule has 3 aromatic rings. The first-order valence-corrected chi connectivity index (χ1v) is 15.2. The van der Waals surface area contributed by atoms with Crippen molar-refractivity contribution in [3.05, 3.63) is 76.3 Å². The number of halogens is 3. The fourth-order valence-electron chi connectivity index (χ4n) is 6.45. The van der Waals surface area contributed by atoms with Crippen LogP contribution in [-0.4, -0.2) is 104 Å². The van der Waals surface area contributed by atoms with Crippen LogP contribution in [0.15, 0.2) is 42.7 Å². The minimum absolute atomic E-state index is 0.0161. The number of carbonyl (C=O) groups is 1. The fraction of sp³-hybridized carbons (Fsp3) is 0.438. The Hall–Kier alpha value is -4.05. The molecule has 3 atom stereocenters. The van der Waals surface area contributed by atoms with Crippen molar-refractivity contribution in [3.8, 4) is 6.01 Å². The summed E-state index contributed by atoms with van der Waals surface area (Å²) in [7, 11) is 3.93. The van der Waals surface area contributed by atoms with Gasteiger partial charge >= 0.3 is 6.01 Å². The molecule has 2 fully saturated rings. The van der Waals surface area contributed by atoms with Gasteiger partial charge in [-0.3, -0.25) is 4.79 Å². The highest BCUT2D eigenvalue weighted by Gasteiger charge is 2.37. The Bertz CT molecular complexity index is 1680. The van der Waals surface area contributed by atoms with Gasteiger partial charge in [0.15, 0.2) is 5.83 Å². The molecule has 10 nitrogen and oxygen atoms in total. The zero-order valence-corrected chi connectivity index (χ0v) is 25.9. The number of ether oxygens (including phenoxy) is 2. The van der Waals surface area contributed by atoms with Gasteiger partial charge in [-0.15, -0.1) is 0 Å². The van der Waals surface area contributed by atoms with Crippen LogP contribution in [0.3, 0.4) is 0 Å². The first kappa shape index (κ1) is 31.0. The SMILES string of the molecule is [C-]#[N+]CC1CN(c2nc(O[C@@H]3COC[C@@H]3N(C)C)nc3c2CCN(c2cccc4ccc(F)c(Cl)c24)C3)CCN1C(=O)C(=C)F. The van der Waals surface area contributed by atoms with Crippen molar-refractivity contribution < 1.29 is 23.0 Å². The van der Waals surface area contributed by atoms with Crippen molar-refractivity contribution in [2.75, 3.05) is 69.8 Å². The number of likely N-dealkylation sites (N-methyl/N-ethyl adjacent to an activating group) is 1. The Morgan fingerprint density at radius 3 is 2.78 bits per heavy atom. The summed E-state index contributed by atoms with van der Waals surface area (Å²) in [6, 6.07) is 8.52. The molecule has 0 spiro atoms. The number of carbonyl (C=O) groups excluding carboxylic acids is 1. The number of amides is 1. The molecule has 3 aliphatic rings. The molecule has 2 saturated heterocycles. The van der Waals surface area contributed by atoms with E-state index in [1.807, 2.05) is 42.1 Å².